The van der Waals surface area contributed by atoms with Gasteiger partial charge in [-0.05, 0) is 104 Å². The summed E-state index contributed by atoms with van der Waals surface area (Å²) in [5.41, 5.74) is 3.09. The van der Waals surface area contributed by atoms with Crippen LogP contribution in [0.5, 0.6) is 11.6 Å². The van der Waals surface area contributed by atoms with Gasteiger partial charge in [0.2, 0.25) is 5.88 Å². The maximum absolute atomic E-state index is 14.8. The van der Waals surface area contributed by atoms with E-state index in [2.05, 4.69) is 37.3 Å². The highest BCUT2D eigenvalue weighted by atomic mass is 35.5. The largest absolute Gasteiger partial charge is 0.490 e. The van der Waals surface area contributed by atoms with E-state index in [4.69, 9.17) is 21.1 Å². The van der Waals surface area contributed by atoms with Crippen LogP contribution in [0.4, 0.5) is 5.69 Å². The molecule has 2 amide bonds. The number of halogens is 1. The van der Waals surface area contributed by atoms with Gasteiger partial charge >= 0.3 is 0 Å². The van der Waals surface area contributed by atoms with Gasteiger partial charge < -0.3 is 24.3 Å². The summed E-state index contributed by atoms with van der Waals surface area (Å²) in [5, 5.41) is 16.4. The Hall–Kier alpha value is -4.20. The molecule has 288 valence electrons. The molecule has 0 saturated heterocycles. The Morgan fingerprint density at radius 1 is 1.19 bits per heavy atom. The first-order valence-corrected chi connectivity index (χ1v) is 20.7. The third kappa shape index (κ3) is 7.67. The SMILES string of the molecule is COc1nn(C)cc1C(=O)NS1(=O)=NC(=O)c2ccc3c(c2)N(C[C@@H]2CC[C@H]2/C=C/[C@@H](O)[C@H](CC(C)=O)[C@H](C)C1)C[C@@]1(CCCc2cc(Cl)ccc21)CO3. The van der Waals surface area contributed by atoms with Gasteiger partial charge in [0, 0.05) is 48.8 Å². The number of amides is 2. The highest BCUT2D eigenvalue weighted by molar-refractivity contribution is 7.92. The zero-order chi connectivity index (χ0) is 38.4. The number of aliphatic hydroxyl groups excluding tert-OH is 1. The topological polar surface area (TPSA) is 152 Å². The van der Waals surface area contributed by atoms with Gasteiger partial charge in [-0.15, -0.1) is 9.46 Å². The summed E-state index contributed by atoms with van der Waals surface area (Å²) in [7, 11) is -0.867. The molecule has 0 radical (unpaired) electrons. The van der Waals surface area contributed by atoms with Gasteiger partial charge in [0.1, 0.15) is 27.0 Å². The predicted molar refractivity (Wildman–Crippen MR) is 207 cm³/mol. The van der Waals surface area contributed by atoms with Crippen molar-refractivity contribution in [3.63, 3.8) is 0 Å². The Balaban J connectivity index is 1.33. The number of rotatable bonds is 5. The molecule has 2 aromatic carbocycles. The van der Waals surface area contributed by atoms with Crippen LogP contribution in [0.1, 0.15) is 77.8 Å². The highest BCUT2D eigenvalue weighted by Crippen LogP contribution is 2.46. The zero-order valence-corrected chi connectivity index (χ0v) is 32.7. The number of nitrogens with one attached hydrogen (secondary N) is 1. The van der Waals surface area contributed by atoms with Crippen LogP contribution in [0.15, 0.2) is 59.1 Å². The minimum absolute atomic E-state index is 0.0155. The number of carbonyl (C=O) groups excluding carboxylic acids is 3. The molecule has 2 aliphatic carbocycles. The molecule has 3 heterocycles. The normalized spacial score (nSPS) is 30.1. The molecule has 14 heteroatoms. The number of hydrogen-bond donors (Lipinski definition) is 2. The van der Waals surface area contributed by atoms with Crippen LogP contribution in [0.25, 0.3) is 0 Å². The Labute approximate surface area is 321 Å². The molecule has 1 fully saturated rings. The number of aromatic nitrogens is 2. The lowest BCUT2D eigenvalue weighted by Gasteiger charge is -2.44. The molecule has 1 aromatic heterocycles. The average molecular weight is 778 g/mol. The number of aliphatic hydroxyl groups is 1. The Bertz CT molecular complexity index is 2130. The van der Waals surface area contributed by atoms with Crippen molar-refractivity contribution >= 4 is 44.8 Å². The molecule has 4 aliphatic rings. The molecule has 2 aliphatic heterocycles. The molecule has 2 bridgehead atoms. The molecule has 2 N–H and O–H groups in total. The fourth-order valence-corrected chi connectivity index (χ4v) is 10.9. The lowest BCUT2D eigenvalue weighted by molar-refractivity contribution is -0.119. The van der Waals surface area contributed by atoms with Crippen molar-refractivity contribution in [1.82, 2.24) is 14.5 Å². The third-order valence-corrected chi connectivity index (χ3v) is 13.8. The summed E-state index contributed by atoms with van der Waals surface area (Å²) >= 11 is 6.45. The number of ether oxygens (including phenoxy) is 2. The van der Waals surface area contributed by atoms with E-state index in [1.54, 1.807) is 38.2 Å². The smallest absolute Gasteiger partial charge is 0.286 e. The van der Waals surface area contributed by atoms with Crippen molar-refractivity contribution < 1.29 is 33.2 Å². The Kier molecular flexibility index (Phi) is 10.7. The third-order valence-electron chi connectivity index (χ3n) is 11.7. The maximum atomic E-state index is 14.8. The van der Waals surface area contributed by atoms with Gasteiger partial charge in [0.25, 0.3) is 11.8 Å². The van der Waals surface area contributed by atoms with E-state index in [9.17, 15) is 23.7 Å². The van der Waals surface area contributed by atoms with Crippen molar-refractivity contribution in [2.75, 3.05) is 37.5 Å². The zero-order valence-electron chi connectivity index (χ0n) is 31.1. The van der Waals surface area contributed by atoms with Crippen LogP contribution in [0.3, 0.4) is 0 Å². The quantitative estimate of drug-likeness (QED) is 0.311. The lowest BCUT2D eigenvalue weighted by atomic mass is 9.69. The molecule has 1 saturated carbocycles. The second kappa shape index (κ2) is 15.1. The van der Waals surface area contributed by atoms with E-state index in [0.29, 0.717) is 30.5 Å². The number of Topliss-reactive ketones (excluding diaryl/α,β-unsaturated/α-hetero) is 1. The first-order valence-electron chi connectivity index (χ1n) is 18.6. The summed E-state index contributed by atoms with van der Waals surface area (Å²) in [4.78, 5) is 42.6. The number of allylic oxidation sites excluding steroid dienone is 1. The van der Waals surface area contributed by atoms with Crippen molar-refractivity contribution in [3.8, 4) is 11.6 Å². The monoisotopic (exact) mass is 777 g/mol. The molecule has 54 heavy (non-hydrogen) atoms. The molecule has 1 spiro atoms. The summed E-state index contributed by atoms with van der Waals surface area (Å²) in [6.45, 7) is 4.99. The standard InChI is InChI=1S/C40H48ClN5O7S/c1-24-21-54(51,44-38(50)32-20-45(3)42-39(32)52-4)43-37(49)28-10-14-36-34(18-28)46(19-29-8-7-26(29)9-13-35(48)31(24)16-25(2)47)22-40(23-53-36)15-5-6-27-17-30(41)11-12-33(27)40/h9-14,17-18,20,24,26,29,31,35,48H,5-8,15-16,19,21-23H2,1-4H3,(H,43,44,49,50,51)/b13-9+/t24-,26+,29+,31-,35-,40+,54?/m1/s1. The summed E-state index contributed by atoms with van der Waals surface area (Å²) in [6.07, 6.45) is 9.03. The minimum atomic E-state index is -3.85. The second-order valence-electron chi connectivity index (χ2n) is 15.6. The number of hydrogen-bond acceptors (Lipinski definition) is 9. The first kappa shape index (κ1) is 38.1. The fourth-order valence-electron chi connectivity index (χ4n) is 8.74. The number of carbonyl (C=O) groups is 3. The van der Waals surface area contributed by atoms with Gasteiger partial charge in [0.15, 0.2) is 0 Å². The van der Waals surface area contributed by atoms with Gasteiger partial charge in [-0.2, -0.15) is 0 Å². The highest BCUT2D eigenvalue weighted by Gasteiger charge is 2.43. The van der Waals surface area contributed by atoms with Crippen LogP contribution in [0, 0.1) is 23.7 Å². The molecule has 3 aromatic rings. The number of fused-ring (bicyclic) bond motifs is 4. The molecular weight excluding hydrogens is 730 g/mol. The molecular formula is C40H48ClN5O7S. The number of benzene rings is 2. The number of methoxy groups -OCH3 is 1. The van der Waals surface area contributed by atoms with E-state index in [1.807, 2.05) is 6.07 Å². The Morgan fingerprint density at radius 2 is 2.00 bits per heavy atom. The number of nitrogens with zero attached hydrogens (tertiary/aromatic N) is 4. The van der Waals surface area contributed by atoms with Crippen LogP contribution in [0.2, 0.25) is 5.02 Å². The minimum Gasteiger partial charge on any atom is -0.490 e. The second-order valence-corrected chi connectivity index (χ2v) is 18.0. The number of aryl methyl sites for hydroxylation is 2. The summed E-state index contributed by atoms with van der Waals surface area (Å²) < 4.78 is 34.9. The van der Waals surface area contributed by atoms with Gasteiger partial charge in [-0.25, -0.2) is 4.21 Å². The van der Waals surface area contributed by atoms with E-state index < -0.39 is 39.7 Å². The maximum Gasteiger partial charge on any atom is 0.286 e. The van der Waals surface area contributed by atoms with Crippen molar-refractivity contribution in [1.29, 1.82) is 0 Å². The summed E-state index contributed by atoms with van der Waals surface area (Å²) in [5.74, 6) is -2.11. The van der Waals surface area contributed by atoms with Crippen LogP contribution in [-0.2, 0) is 33.6 Å². The molecule has 12 nitrogen and oxygen atoms in total. The van der Waals surface area contributed by atoms with Crippen LogP contribution in [-0.4, -0.2) is 75.4 Å². The lowest BCUT2D eigenvalue weighted by Crippen LogP contribution is -2.48. The molecule has 7 atom stereocenters. The van der Waals surface area contributed by atoms with Crippen molar-refractivity contribution in [2.45, 2.75) is 63.9 Å². The van der Waals surface area contributed by atoms with E-state index in [-0.39, 0.29) is 52.2 Å². The van der Waals surface area contributed by atoms with E-state index >= 15 is 0 Å². The first-order chi connectivity index (χ1) is 25.8. The van der Waals surface area contributed by atoms with Gasteiger partial charge in [-0.3, -0.25) is 19.0 Å². The van der Waals surface area contributed by atoms with Crippen molar-refractivity contribution in [2.24, 2.45) is 35.1 Å². The fraction of sp³-hybridized carbons (Fsp3) is 0.500. The summed E-state index contributed by atoms with van der Waals surface area (Å²) in [6, 6.07) is 11.3. The van der Waals surface area contributed by atoms with Gasteiger partial charge in [-0.1, -0.05) is 36.7 Å². The number of anilines is 1. The van der Waals surface area contributed by atoms with E-state index in [1.165, 1.54) is 36.0 Å². The Morgan fingerprint density at radius 3 is 2.74 bits per heavy atom. The predicted octanol–water partition coefficient (Wildman–Crippen LogP) is 5.70. The van der Waals surface area contributed by atoms with Gasteiger partial charge in [0.05, 0.1) is 31.3 Å². The molecule has 1 unspecified atom stereocenters. The van der Waals surface area contributed by atoms with Crippen LogP contribution >= 0.6 is 11.6 Å². The number of ketones is 1. The van der Waals surface area contributed by atoms with Crippen molar-refractivity contribution in [3.05, 3.63) is 82.0 Å². The molecule has 7 rings (SSSR count). The average Bonchev–Trinajstić information content (AvgIpc) is 3.43. The van der Waals surface area contributed by atoms with Crippen LogP contribution < -0.4 is 19.1 Å². The van der Waals surface area contributed by atoms with E-state index in [0.717, 1.165) is 37.8 Å².